The second-order valence-electron chi connectivity index (χ2n) is 5.30. The zero-order valence-corrected chi connectivity index (χ0v) is 15.4. The molecule has 0 unspecified atom stereocenters. The third-order valence-corrected chi connectivity index (χ3v) is 3.63. The Kier molecular flexibility index (Phi) is 6.74. The lowest BCUT2D eigenvalue weighted by molar-refractivity contribution is -0.384. The monoisotopic (exact) mass is 390 g/mol. The zero-order chi connectivity index (χ0) is 20.7. The number of anilines is 1. The van der Waals surface area contributed by atoms with Crippen LogP contribution in [0.15, 0.2) is 36.4 Å². The van der Waals surface area contributed by atoms with Crippen LogP contribution in [0.1, 0.15) is 10.4 Å². The highest BCUT2D eigenvalue weighted by Gasteiger charge is 2.21. The van der Waals surface area contributed by atoms with Crippen molar-refractivity contribution in [3.63, 3.8) is 0 Å². The van der Waals surface area contributed by atoms with Gasteiger partial charge in [-0.1, -0.05) is 6.07 Å². The van der Waals surface area contributed by atoms with Crippen LogP contribution >= 0.6 is 0 Å². The van der Waals surface area contributed by atoms with E-state index in [0.717, 1.165) is 6.07 Å². The number of ether oxygens (including phenoxy) is 4. The van der Waals surface area contributed by atoms with Crippen molar-refractivity contribution in [2.24, 2.45) is 0 Å². The van der Waals surface area contributed by atoms with E-state index in [9.17, 15) is 19.7 Å². The molecule has 0 heterocycles. The van der Waals surface area contributed by atoms with Gasteiger partial charge in [0.15, 0.2) is 6.61 Å². The number of rotatable bonds is 8. The normalized spacial score (nSPS) is 9.96. The highest BCUT2D eigenvalue weighted by Crippen LogP contribution is 2.30. The third kappa shape index (κ3) is 4.67. The van der Waals surface area contributed by atoms with Gasteiger partial charge in [-0.2, -0.15) is 0 Å². The molecule has 0 spiro atoms. The van der Waals surface area contributed by atoms with Crippen LogP contribution in [0.2, 0.25) is 0 Å². The molecule has 1 N–H and O–H groups in total. The molecule has 0 atom stereocenters. The minimum Gasteiger partial charge on any atom is -0.496 e. The molecular weight excluding hydrogens is 372 g/mol. The fourth-order valence-electron chi connectivity index (χ4n) is 2.35. The number of carbonyl (C=O) groups is 2. The molecule has 10 heteroatoms. The van der Waals surface area contributed by atoms with Gasteiger partial charge in [-0.25, -0.2) is 4.79 Å². The van der Waals surface area contributed by atoms with E-state index in [1.807, 2.05) is 0 Å². The molecule has 0 aliphatic carbocycles. The predicted molar refractivity (Wildman–Crippen MR) is 98.1 cm³/mol. The lowest BCUT2D eigenvalue weighted by atomic mass is 10.2. The number of nitrogens with zero attached hydrogens (tertiary/aromatic N) is 1. The molecular formula is C18H18N2O8. The van der Waals surface area contributed by atoms with Crippen LogP contribution in [0.5, 0.6) is 17.2 Å². The van der Waals surface area contributed by atoms with Crippen molar-refractivity contribution < 1.29 is 33.5 Å². The van der Waals surface area contributed by atoms with Crippen molar-refractivity contribution in [1.82, 2.24) is 0 Å². The van der Waals surface area contributed by atoms with E-state index in [0.29, 0.717) is 0 Å². The molecule has 2 aromatic carbocycles. The predicted octanol–water partition coefficient (Wildman–Crippen LogP) is 2.42. The number of benzene rings is 2. The van der Waals surface area contributed by atoms with E-state index in [1.54, 1.807) is 18.2 Å². The van der Waals surface area contributed by atoms with Crippen LogP contribution in [-0.2, 0) is 9.53 Å². The van der Waals surface area contributed by atoms with Crippen LogP contribution < -0.4 is 19.5 Å². The fourth-order valence-corrected chi connectivity index (χ4v) is 2.35. The van der Waals surface area contributed by atoms with Gasteiger partial charge in [0.2, 0.25) is 0 Å². The topological polar surface area (TPSA) is 126 Å². The number of nitro groups is 1. The number of amides is 1. The number of carbonyl (C=O) groups excluding carboxylic acids is 2. The average molecular weight is 390 g/mol. The standard InChI is InChI=1S/C18H18N2O8/c1-25-13-8-7-11(20(23)24)9-12(13)19-16(21)10-28-18(22)17-14(26-2)5-4-6-15(17)27-3/h4-9H,10H2,1-3H3,(H,19,21). The Morgan fingerprint density at radius 1 is 1.00 bits per heavy atom. The van der Waals surface area contributed by atoms with Gasteiger partial charge in [-0.3, -0.25) is 14.9 Å². The van der Waals surface area contributed by atoms with E-state index in [-0.39, 0.29) is 34.2 Å². The summed E-state index contributed by atoms with van der Waals surface area (Å²) in [6.07, 6.45) is 0. The summed E-state index contributed by atoms with van der Waals surface area (Å²) in [5.74, 6) is -0.858. The first-order chi connectivity index (χ1) is 13.4. The molecule has 2 aromatic rings. The Hall–Kier alpha value is -3.82. The van der Waals surface area contributed by atoms with Crippen molar-refractivity contribution in [3.8, 4) is 17.2 Å². The summed E-state index contributed by atoms with van der Waals surface area (Å²) >= 11 is 0. The van der Waals surface area contributed by atoms with Crippen molar-refractivity contribution in [2.75, 3.05) is 33.3 Å². The first-order valence-electron chi connectivity index (χ1n) is 7.91. The van der Waals surface area contributed by atoms with Crippen molar-refractivity contribution in [1.29, 1.82) is 0 Å². The van der Waals surface area contributed by atoms with Crippen LogP contribution in [0.25, 0.3) is 0 Å². The molecule has 0 radical (unpaired) electrons. The minimum absolute atomic E-state index is 0.0354. The van der Waals surface area contributed by atoms with Crippen LogP contribution in [-0.4, -0.2) is 44.7 Å². The summed E-state index contributed by atoms with van der Waals surface area (Å²) in [5.41, 5.74) is -0.118. The van der Waals surface area contributed by atoms with Gasteiger partial charge >= 0.3 is 5.97 Å². The van der Waals surface area contributed by atoms with Gasteiger partial charge in [-0.15, -0.1) is 0 Å². The summed E-state index contributed by atoms with van der Waals surface area (Å²) < 4.78 is 20.3. The van der Waals surface area contributed by atoms with E-state index in [4.69, 9.17) is 18.9 Å². The number of non-ortho nitro benzene ring substituents is 1. The molecule has 28 heavy (non-hydrogen) atoms. The summed E-state index contributed by atoms with van der Waals surface area (Å²) in [6, 6.07) is 8.46. The molecule has 0 fully saturated rings. The molecule has 0 saturated heterocycles. The number of esters is 1. The molecule has 148 valence electrons. The SMILES string of the molecule is COc1ccc([N+](=O)[O-])cc1NC(=O)COC(=O)c1c(OC)cccc1OC. The van der Waals surface area contributed by atoms with Crippen LogP contribution in [0.4, 0.5) is 11.4 Å². The Labute approximate surface area is 160 Å². The van der Waals surface area contributed by atoms with Crippen LogP contribution in [0, 0.1) is 10.1 Å². The first kappa shape index (κ1) is 20.5. The highest BCUT2D eigenvalue weighted by atomic mass is 16.6. The third-order valence-electron chi connectivity index (χ3n) is 3.63. The molecule has 0 aliphatic rings. The molecule has 0 saturated carbocycles. The largest absolute Gasteiger partial charge is 0.496 e. The minimum atomic E-state index is -0.824. The fraction of sp³-hybridized carbons (Fsp3) is 0.222. The zero-order valence-electron chi connectivity index (χ0n) is 15.4. The van der Waals surface area contributed by atoms with Crippen molar-refractivity contribution in [3.05, 3.63) is 52.1 Å². The lowest BCUT2D eigenvalue weighted by Crippen LogP contribution is -2.21. The molecule has 2 rings (SSSR count). The first-order valence-corrected chi connectivity index (χ1v) is 7.91. The molecule has 0 aliphatic heterocycles. The summed E-state index contributed by atoms with van der Waals surface area (Å²) in [5, 5.41) is 13.3. The van der Waals surface area contributed by atoms with E-state index < -0.39 is 23.4 Å². The number of hydrogen-bond donors (Lipinski definition) is 1. The van der Waals surface area contributed by atoms with Crippen LogP contribution in [0.3, 0.4) is 0 Å². The lowest BCUT2D eigenvalue weighted by Gasteiger charge is -2.13. The van der Waals surface area contributed by atoms with Crippen molar-refractivity contribution >= 4 is 23.3 Å². The maximum absolute atomic E-state index is 12.4. The quantitative estimate of drug-likeness (QED) is 0.414. The van der Waals surface area contributed by atoms with Gasteiger partial charge < -0.3 is 24.3 Å². The second kappa shape index (κ2) is 9.21. The average Bonchev–Trinajstić information content (AvgIpc) is 2.71. The Balaban J connectivity index is 2.10. The van der Waals surface area contributed by atoms with Gasteiger partial charge in [0.05, 0.1) is 31.9 Å². The molecule has 1 amide bonds. The van der Waals surface area contributed by atoms with E-state index >= 15 is 0 Å². The Morgan fingerprint density at radius 2 is 1.61 bits per heavy atom. The van der Waals surface area contributed by atoms with E-state index in [2.05, 4.69) is 5.32 Å². The maximum Gasteiger partial charge on any atom is 0.346 e. The smallest absolute Gasteiger partial charge is 0.346 e. The summed E-state index contributed by atoms with van der Waals surface area (Å²) in [4.78, 5) is 34.8. The Bertz CT molecular complexity index is 875. The van der Waals surface area contributed by atoms with Gasteiger partial charge in [-0.05, 0) is 18.2 Å². The highest BCUT2D eigenvalue weighted by molar-refractivity contribution is 5.99. The maximum atomic E-state index is 12.4. The molecule has 0 bridgehead atoms. The van der Waals surface area contributed by atoms with Gasteiger partial charge in [0, 0.05) is 12.1 Å². The number of methoxy groups -OCH3 is 3. The molecule has 0 aromatic heterocycles. The summed E-state index contributed by atoms with van der Waals surface area (Å²) in [6.45, 7) is -0.633. The molecule has 10 nitrogen and oxygen atoms in total. The van der Waals surface area contributed by atoms with E-state index in [1.165, 1.54) is 33.5 Å². The van der Waals surface area contributed by atoms with Gasteiger partial charge in [0.1, 0.15) is 22.8 Å². The number of hydrogen-bond acceptors (Lipinski definition) is 8. The number of nitro benzene ring substituents is 1. The second-order valence-corrected chi connectivity index (χ2v) is 5.30. The Morgan fingerprint density at radius 3 is 2.14 bits per heavy atom. The number of nitrogens with one attached hydrogen (secondary N) is 1. The summed E-state index contributed by atoms with van der Waals surface area (Å²) in [7, 11) is 4.12. The van der Waals surface area contributed by atoms with Crippen molar-refractivity contribution in [2.45, 2.75) is 0 Å². The van der Waals surface area contributed by atoms with Gasteiger partial charge in [0.25, 0.3) is 11.6 Å².